The van der Waals surface area contributed by atoms with Crippen molar-refractivity contribution in [2.24, 2.45) is 11.3 Å². The minimum atomic E-state index is -0.969. The lowest BCUT2D eigenvalue weighted by Gasteiger charge is -2.37. The maximum atomic E-state index is 14.4. The van der Waals surface area contributed by atoms with Crippen LogP contribution < -0.4 is 16.0 Å². The van der Waals surface area contributed by atoms with Crippen LogP contribution in [0.5, 0.6) is 0 Å². The summed E-state index contributed by atoms with van der Waals surface area (Å²) in [6, 6.07) is 20.4. The molecule has 2 aliphatic rings. The first kappa shape index (κ1) is 38.7. The fourth-order valence-corrected chi connectivity index (χ4v) is 6.68. The number of fused-ring (bicyclic) bond motifs is 2. The smallest absolute Gasteiger partial charge is 0.408 e. The van der Waals surface area contributed by atoms with Gasteiger partial charge in [-0.1, -0.05) is 94.9 Å². The predicted octanol–water partition coefficient (Wildman–Crippen LogP) is 5.71. The topological polar surface area (TPSA) is 146 Å². The molecule has 3 aromatic rings. The van der Waals surface area contributed by atoms with Gasteiger partial charge in [0.25, 0.3) is 0 Å². The van der Waals surface area contributed by atoms with E-state index >= 15 is 0 Å². The lowest BCUT2D eigenvalue weighted by molar-refractivity contribution is -0.138. The van der Waals surface area contributed by atoms with Crippen molar-refractivity contribution >= 4 is 46.4 Å². The van der Waals surface area contributed by atoms with Crippen LogP contribution in [0.15, 0.2) is 72.8 Å². The molecule has 3 unspecified atom stereocenters. The molecule has 5 rings (SSSR count). The van der Waals surface area contributed by atoms with Crippen molar-refractivity contribution in [3.05, 3.63) is 78.4 Å². The molecule has 2 aliphatic heterocycles. The monoisotopic (exact) mass is 701 g/mol. The number of nitrogens with zero attached hydrogens (tertiary/aromatic N) is 2. The minimum Gasteiger partial charge on any atom is -0.445 e. The number of nitrogens with one attached hydrogen (secondary N) is 3. The van der Waals surface area contributed by atoms with Crippen LogP contribution in [0.4, 0.5) is 15.3 Å². The molecule has 2 saturated heterocycles. The maximum absolute atomic E-state index is 14.4. The average molecular weight is 702 g/mol. The summed E-state index contributed by atoms with van der Waals surface area (Å²) in [5.41, 5.74) is -0.0487. The van der Waals surface area contributed by atoms with Crippen LogP contribution >= 0.6 is 0 Å². The summed E-state index contributed by atoms with van der Waals surface area (Å²) < 4.78 is 10.8. The van der Waals surface area contributed by atoms with Gasteiger partial charge in [-0.25, -0.2) is 9.59 Å². The van der Waals surface area contributed by atoms with Crippen molar-refractivity contribution in [3.8, 4) is 0 Å². The molecule has 4 atom stereocenters. The van der Waals surface area contributed by atoms with Gasteiger partial charge in [-0.3, -0.25) is 14.4 Å². The number of hydrogen-bond acceptors (Lipinski definition) is 7. The largest absolute Gasteiger partial charge is 0.445 e. The number of hydrogen-bond donors (Lipinski definition) is 3. The van der Waals surface area contributed by atoms with E-state index in [0.717, 1.165) is 16.3 Å². The Hall–Kier alpha value is -5.13. The van der Waals surface area contributed by atoms with Gasteiger partial charge in [0.2, 0.25) is 17.7 Å². The van der Waals surface area contributed by atoms with Gasteiger partial charge < -0.3 is 35.2 Å². The summed E-state index contributed by atoms with van der Waals surface area (Å²) in [4.78, 5) is 70.7. The summed E-state index contributed by atoms with van der Waals surface area (Å²) in [5.74, 6) is -1.89. The van der Waals surface area contributed by atoms with Crippen molar-refractivity contribution < 1.29 is 33.4 Å². The third kappa shape index (κ3) is 9.36. The Morgan fingerprint density at radius 3 is 2.20 bits per heavy atom. The number of anilines is 1. The minimum absolute atomic E-state index is 0. The summed E-state index contributed by atoms with van der Waals surface area (Å²) in [6.07, 6.45) is -1.05. The fraction of sp³-hybridized carbons (Fsp3) is 0.462. The van der Waals surface area contributed by atoms with E-state index in [4.69, 9.17) is 9.47 Å². The Balaban J connectivity index is 0.00000583. The highest BCUT2D eigenvalue weighted by Gasteiger charge is 2.55. The fourth-order valence-electron chi connectivity index (χ4n) is 6.68. The summed E-state index contributed by atoms with van der Waals surface area (Å²) in [5, 5.41) is 10.2. The number of alkyl carbamates (subject to hydrolysis) is 2. The highest BCUT2D eigenvalue weighted by molar-refractivity contribution is 6.03. The number of benzene rings is 3. The lowest BCUT2D eigenvalue weighted by atomic mass is 9.85. The lowest BCUT2D eigenvalue weighted by Crippen LogP contribution is -2.58. The first-order valence-corrected chi connectivity index (χ1v) is 16.9. The molecule has 0 aromatic heterocycles. The molecular weight excluding hydrogens is 650 g/mol. The Labute approximate surface area is 300 Å². The van der Waals surface area contributed by atoms with Crippen LogP contribution in [0.1, 0.15) is 61.0 Å². The molecule has 274 valence electrons. The third-order valence-electron chi connectivity index (χ3n) is 8.98. The van der Waals surface area contributed by atoms with Crippen LogP contribution in [-0.4, -0.2) is 83.1 Å². The van der Waals surface area contributed by atoms with Crippen molar-refractivity contribution in [3.63, 3.8) is 0 Å². The molecule has 5 amide bonds. The molecule has 12 nitrogen and oxygen atoms in total. The van der Waals surface area contributed by atoms with Gasteiger partial charge in [0.1, 0.15) is 24.8 Å². The summed E-state index contributed by atoms with van der Waals surface area (Å²) in [7, 11) is 0. The van der Waals surface area contributed by atoms with Gasteiger partial charge in [-0.2, -0.15) is 0 Å². The molecule has 3 aromatic carbocycles. The van der Waals surface area contributed by atoms with Crippen molar-refractivity contribution in [2.45, 2.75) is 85.7 Å². The van der Waals surface area contributed by atoms with E-state index in [1.165, 1.54) is 0 Å². The zero-order valence-corrected chi connectivity index (χ0v) is 29.5. The number of carbonyl (C=O) groups is 5. The van der Waals surface area contributed by atoms with Gasteiger partial charge >= 0.3 is 12.2 Å². The number of carbonyl (C=O) groups excluding carboxylic acids is 5. The summed E-state index contributed by atoms with van der Waals surface area (Å²) >= 11 is 0. The van der Waals surface area contributed by atoms with E-state index < -0.39 is 53.2 Å². The Kier molecular flexibility index (Phi) is 12.0. The van der Waals surface area contributed by atoms with Gasteiger partial charge in [0.05, 0.1) is 18.0 Å². The van der Waals surface area contributed by atoms with Crippen molar-refractivity contribution in [1.82, 2.24) is 20.4 Å². The molecule has 0 spiro atoms. The normalized spacial score (nSPS) is 19.0. The molecule has 2 heterocycles. The molecule has 3 N–H and O–H groups in total. The quantitative estimate of drug-likeness (QED) is 0.273. The SMILES string of the molecule is C.CC(C)(C)OC(=O)NC(C(=O)N1CCC2C1[C@@H](C(=O)Nc1cccc3ccccc13)CN2C(=O)CNC(=O)OCc1ccccc1)C(C)(C)C. The van der Waals surface area contributed by atoms with E-state index in [1.807, 2.05) is 93.6 Å². The van der Waals surface area contributed by atoms with Crippen LogP contribution in [-0.2, 0) is 30.5 Å². The average Bonchev–Trinajstić information content (AvgIpc) is 3.65. The first-order valence-electron chi connectivity index (χ1n) is 16.9. The Morgan fingerprint density at radius 2 is 1.51 bits per heavy atom. The van der Waals surface area contributed by atoms with Crippen molar-refractivity contribution in [1.29, 1.82) is 0 Å². The third-order valence-corrected chi connectivity index (χ3v) is 8.98. The number of rotatable bonds is 8. The second-order valence-electron chi connectivity index (χ2n) is 14.9. The first-order chi connectivity index (χ1) is 23.6. The zero-order valence-electron chi connectivity index (χ0n) is 29.5. The van der Waals surface area contributed by atoms with E-state index in [1.54, 1.807) is 30.6 Å². The molecule has 51 heavy (non-hydrogen) atoms. The van der Waals surface area contributed by atoms with E-state index in [9.17, 15) is 24.0 Å². The predicted molar refractivity (Wildman–Crippen MR) is 196 cm³/mol. The molecular formula is C39H51N5O7. The van der Waals surface area contributed by atoms with E-state index in [0.29, 0.717) is 12.1 Å². The second-order valence-corrected chi connectivity index (χ2v) is 14.9. The Bertz CT molecular complexity index is 1730. The maximum Gasteiger partial charge on any atom is 0.408 e. The van der Waals surface area contributed by atoms with Crippen LogP contribution in [0.2, 0.25) is 0 Å². The highest BCUT2D eigenvalue weighted by atomic mass is 16.6. The number of amides is 5. The zero-order chi connectivity index (χ0) is 36.2. The molecule has 0 aliphatic carbocycles. The van der Waals surface area contributed by atoms with Crippen molar-refractivity contribution in [2.75, 3.05) is 25.0 Å². The molecule has 0 bridgehead atoms. The number of ether oxygens (including phenoxy) is 2. The summed E-state index contributed by atoms with van der Waals surface area (Å²) in [6.45, 7) is 10.8. The van der Waals surface area contributed by atoms with Gasteiger partial charge in [-0.05, 0) is 49.6 Å². The van der Waals surface area contributed by atoms with Gasteiger partial charge in [0, 0.05) is 24.2 Å². The standard InChI is InChI=1S/C38H47N5O7.CH4/c1-37(2,3)32(41-36(48)50-38(4,5)6)34(46)42-20-19-29-31(42)27(33(45)40-28-18-12-16-25-15-10-11-17-26(25)28)22-43(29)30(44)21-39-35(47)49-23-24-13-8-7-9-14-24;/h7-18,27,29,31-32H,19-23H2,1-6H3,(H,39,47)(H,40,45)(H,41,48);1H4/t27-,29?,31?,32?;/m0./s1. The van der Waals surface area contributed by atoms with E-state index in [2.05, 4.69) is 16.0 Å². The van der Waals surface area contributed by atoms with Gasteiger partial charge in [0.15, 0.2) is 0 Å². The highest BCUT2D eigenvalue weighted by Crippen LogP contribution is 2.38. The molecule has 0 saturated carbocycles. The van der Waals surface area contributed by atoms with Crippen LogP contribution in [0.3, 0.4) is 0 Å². The molecule has 0 radical (unpaired) electrons. The Morgan fingerprint density at radius 1 is 0.843 bits per heavy atom. The number of likely N-dealkylation sites (tertiary alicyclic amines) is 2. The second kappa shape index (κ2) is 15.8. The van der Waals surface area contributed by atoms with E-state index in [-0.39, 0.29) is 45.5 Å². The van der Waals surface area contributed by atoms with Crippen LogP contribution in [0.25, 0.3) is 10.8 Å². The van der Waals surface area contributed by atoms with Gasteiger partial charge in [-0.15, -0.1) is 0 Å². The molecule has 12 heteroatoms. The van der Waals surface area contributed by atoms with Crippen LogP contribution in [0, 0.1) is 11.3 Å². The molecule has 2 fully saturated rings.